The molecule has 118 valence electrons. The number of nitrogens with zero attached hydrogens (tertiary/aromatic N) is 2. The normalized spacial score (nSPS) is 14.9. The van der Waals surface area contributed by atoms with Crippen molar-refractivity contribution in [3.8, 4) is 5.75 Å². The predicted molar refractivity (Wildman–Crippen MR) is 82.3 cm³/mol. The van der Waals surface area contributed by atoms with Gasteiger partial charge in [-0.15, -0.1) is 0 Å². The SMILES string of the molecule is CC(Oc1ccccc1)C(=O)NCC(C)(O)c1cnn(C)c1. The van der Waals surface area contributed by atoms with Gasteiger partial charge in [0.25, 0.3) is 5.91 Å². The molecule has 0 fully saturated rings. The lowest BCUT2D eigenvalue weighted by atomic mass is 10.00. The number of para-hydroxylation sites is 1. The van der Waals surface area contributed by atoms with E-state index in [-0.39, 0.29) is 12.5 Å². The van der Waals surface area contributed by atoms with Crippen molar-refractivity contribution in [3.63, 3.8) is 0 Å². The highest BCUT2D eigenvalue weighted by molar-refractivity contribution is 5.80. The van der Waals surface area contributed by atoms with Gasteiger partial charge in [-0.3, -0.25) is 9.48 Å². The van der Waals surface area contributed by atoms with Crippen LogP contribution in [0.1, 0.15) is 19.4 Å². The number of hydrogen-bond donors (Lipinski definition) is 2. The Morgan fingerprint density at radius 2 is 2.14 bits per heavy atom. The van der Waals surface area contributed by atoms with Crippen LogP contribution >= 0.6 is 0 Å². The van der Waals surface area contributed by atoms with Crippen LogP contribution in [0.4, 0.5) is 0 Å². The number of ether oxygens (including phenoxy) is 1. The van der Waals surface area contributed by atoms with Crippen LogP contribution in [-0.2, 0) is 17.4 Å². The molecular formula is C16H21N3O3. The minimum atomic E-state index is -1.18. The maximum atomic E-state index is 12.1. The Balaban J connectivity index is 1.89. The number of rotatable bonds is 6. The maximum absolute atomic E-state index is 12.1. The molecule has 0 saturated heterocycles. The van der Waals surface area contributed by atoms with E-state index in [2.05, 4.69) is 10.4 Å². The quantitative estimate of drug-likeness (QED) is 0.841. The molecule has 6 nitrogen and oxygen atoms in total. The summed E-state index contributed by atoms with van der Waals surface area (Å²) < 4.78 is 7.14. The second-order valence-electron chi connectivity index (χ2n) is 5.47. The molecule has 0 aliphatic heterocycles. The second kappa shape index (κ2) is 6.62. The number of nitrogens with one attached hydrogen (secondary N) is 1. The van der Waals surface area contributed by atoms with E-state index < -0.39 is 11.7 Å². The lowest BCUT2D eigenvalue weighted by Crippen LogP contribution is -2.43. The monoisotopic (exact) mass is 303 g/mol. The molecule has 2 unspecified atom stereocenters. The van der Waals surface area contributed by atoms with Gasteiger partial charge < -0.3 is 15.2 Å². The van der Waals surface area contributed by atoms with Crippen LogP contribution in [0.3, 0.4) is 0 Å². The Morgan fingerprint density at radius 3 is 2.73 bits per heavy atom. The van der Waals surface area contributed by atoms with Crippen LogP contribution in [0.15, 0.2) is 42.7 Å². The van der Waals surface area contributed by atoms with Gasteiger partial charge in [0.05, 0.1) is 12.7 Å². The fourth-order valence-corrected chi connectivity index (χ4v) is 1.96. The number of aryl methyl sites for hydroxylation is 1. The summed E-state index contributed by atoms with van der Waals surface area (Å²) in [4.78, 5) is 12.1. The van der Waals surface area contributed by atoms with E-state index in [1.165, 1.54) is 0 Å². The molecular weight excluding hydrogens is 282 g/mol. The summed E-state index contributed by atoms with van der Waals surface area (Å²) >= 11 is 0. The summed E-state index contributed by atoms with van der Waals surface area (Å²) in [5, 5.41) is 17.1. The van der Waals surface area contributed by atoms with Crippen LogP contribution < -0.4 is 10.1 Å². The van der Waals surface area contributed by atoms with E-state index in [9.17, 15) is 9.90 Å². The first-order valence-corrected chi connectivity index (χ1v) is 7.09. The molecule has 22 heavy (non-hydrogen) atoms. The van der Waals surface area contributed by atoms with Gasteiger partial charge in [0.1, 0.15) is 11.4 Å². The highest BCUT2D eigenvalue weighted by Gasteiger charge is 2.26. The third kappa shape index (κ3) is 4.08. The fourth-order valence-electron chi connectivity index (χ4n) is 1.96. The van der Waals surface area contributed by atoms with Crippen LogP contribution in [0, 0.1) is 0 Å². The van der Waals surface area contributed by atoms with Crippen molar-refractivity contribution in [3.05, 3.63) is 48.3 Å². The minimum Gasteiger partial charge on any atom is -0.481 e. The number of carbonyl (C=O) groups is 1. The Labute approximate surface area is 129 Å². The first-order chi connectivity index (χ1) is 10.4. The van der Waals surface area contributed by atoms with E-state index in [1.54, 1.807) is 50.1 Å². The first kappa shape index (κ1) is 16.0. The molecule has 0 saturated carbocycles. The number of carbonyl (C=O) groups excluding carboxylic acids is 1. The van der Waals surface area contributed by atoms with Gasteiger partial charge in [-0.2, -0.15) is 5.10 Å². The number of benzene rings is 1. The highest BCUT2D eigenvalue weighted by atomic mass is 16.5. The van der Waals surface area contributed by atoms with Crippen LogP contribution in [0.25, 0.3) is 0 Å². The summed E-state index contributed by atoms with van der Waals surface area (Å²) in [6, 6.07) is 9.13. The number of aliphatic hydroxyl groups is 1. The molecule has 0 aliphatic rings. The second-order valence-corrected chi connectivity index (χ2v) is 5.47. The van der Waals surface area contributed by atoms with E-state index in [0.29, 0.717) is 11.3 Å². The van der Waals surface area contributed by atoms with Crippen molar-refractivity contribution in [1.29, 1.82) is 0 Å². The van der Waals surface area contributed by atoms with E-state index in [0.717, 1.165) is 0 Å². The predicted octanol–water partition coefficient (Wildman–Crippen LogP) is 1.21. The van der Waals surface area contributed by atoms with Crippen molar-refractivity contribution < 1.29 is 14.6 Å². The highest BCUT2D eigenvalue weighted by Crippen LogP contribution is 2.18. The van der Waals surface area contributed by atoms with Crippen molar-refractivity contribution in [2.24, 2.45) is 7.05 Å². The minimum absolute atomic E-state index is 0.0833. The molecule has 2 rings (SSSR count). The molecule has 2 atom stereocenters. The van der Waals surface area contributed by atoms with Gasteiger partial charge in [0.2, 0.25) is 0 Å². The largest absolute Gasteiger partial charge is 0.481 e. The number of amides is 1. The van der Waals surface area contributed by atoms with Gasteiger partial charge in [-0.25, -0.2) is 0 Å². The van der Waals surface area contributed by atoms with Gasteiger partial charge >= 0.3 is 0 Å². The first-order valence-electron chi connectivity index (χ1n) is 7.09. The number of hydrogen-bond acceptors (Lipinski definition) is 4. The smallest absolute Gasteiger partial charge is 0.260 e. The standard InChI is InChI=1S/C16H21N3O3/c1-12(22-14-7-5-4-6-8-14)15(20)17-11-16(2,21)13-9-18-19(3)10-13/h4-10,12,21H,11H2,1-3H3,(H,17,20). The molecule has 1 aromatic heterocycles. The molecule has 0 radical (unpaired) electrons. The molecule has 2 aromatic rings. The lowest BCUT2D eigenvalue weighted by Gasteiger charge is -2.23. The van der Waals surface area contributed by atoms with Crippen LogP contribution in [0.2, 0.25) is 0 Å². The fraction of sp³-hybridized carbons (Fsp3) is 0.375. The number of aromatic nitrogens is 2. The average Bonchev–Trinajstić information content (AvgIpc) is 2.93. The van der Waals surface area contributed by atoms with Crippen molar-refractivity contribution >= 4 is 5.91 Å². The van der Waals surface area contributed by atoms with E-state index >= 15 is 0 Å². The summed E-state index contributed by atoms with van der Waals surface area (Å²) in [6.45, 7) is 3.38. The topological polar surface area (TPSA) is 76.4 Å². The Hall–Kier alpha value is -2.34. The Morgan fingerprint density at radius 1 is 1.45 bits per heavy atom. The average molecular weight is 303 g/mol. The van der Waals surface area contributed by atoms with Gasteiger partial charge in [0.15, 0.2) is 6.10 Å². The van der Waals surface area contributed by atoms with Crippen molar-refractivity contribution in [2.45, 2.75) is 25.6 Å². The molecule has 0 bridgehead atoms. The third-order valence-electron chi connectivity index (χ3n) is 3.36. The zero-order chi connectivity index (χ0) is 16.2. The zero-order valence-electron chi connectivity index (χ0n) is 13.0. The van der Waals surface area contributed by atoms with E-state index in [1.807, 2.05) is 18.2 Å². The molecule has 6 heteroatoms. The van der Waals surface area contributed by atoms with Gasteiger partial charge in [-0.05, 0) is 26.0 Å². The van der Waals surface area contributed by atoms with Crippen LogP contribution in [0.5, 0.6) is 5.75 Å². The Kier molecular flexibility index (Phi) is 4.82. The molecule has 1 heterocycles. The molecule has 0 spiro atoms. The third-order valence-corrected chi connectivity index (χ3v) is 3.36. The molecule has 0 aliphatic carbocycles. The van der Waals surface area contributed by atoms with Crippen LogP contribution in [-0.4, -0.2) is 33.4 Å². The lowest BCUT2D eigenvalue weighted by molar-refractivity contribution is -0.128. The summed E-state index contributed by atoms with van der Waals surface area (Å²) in [5.74, 6) is 0.345. The molecule has 1 aromatic carbocycles. The maximum Gasteiger partial charge on any atom is 0.260 e. The van der Waals surface area contributed by atoms with Gasteiger partial charge in [-0.1, -0.05) is 18.2 Å². The summed E-state index contributed by atoms with van der Waals surface area (Å²) in [5.41, 5.74) is -0.539. The summed E-state index contributed by atoms with van der Waals surface area (Å²) in [6.07, 6.45) is 2.65. The van der Waals surface area contributed by atoms with Gasteiger partial charge in [0, 0.05) is 18.8 Å². The zero-order valence-corrected chi connectivity index (χ0v) is 13.0. The molecule has 1 amide bonds. The van der Waals surface area contributed by atoms with E-state index in [4.69, 9.17) is 4.74 Å². The Bertz CT molecular complexity index is 623. The summed E-state index contributed by atoms with van der Waals surface area (Å²) in [7, 11) is 1.77. The van der Waals surface area contributed by atoms with Crippen molar-refractivity contribution in [1.82, 2.24) is 15.1 Å². The molecule has 2 N–H and O–H groups in total. The van der Waals surface area contributed by atoms with Crippen molar-refractivity contribution in [2.75, 3.05) is 6.54 Å².